The molecule has 0 radical (unpaired) electrons. The van der Waals surface area contributed by atoms with E-state index in [1.165, 1.54) is 4.90 Å². The van der Waals surface area contributed by atoms with E-state index in [0.717, 1.165) is 0 Å². The van der Waals surface area contributed by atoms with Crippen LogP contribution in [0.25, 0.3) is 0 Å². The first kappa shape index (κ1) is 13.1. The van der Waals surface area contributed by atoms with Gasteiger partial charge in [0.1, 0.15) is 0 Å². The molecule has 2 aromatic carbocycles. The predicted octanol–water partition coefficient (Wildman–Crippen LogP) is 2.17. The summed E-state index contributed by atoms with van der Waals surface area (Å²) in [6.45, 7) is 0. The van der Waals surface area contributed by atoms with Crippen LogP contribution >= 0.6 is 0 Å². The SMILES string of the molecule is O=C(O)Cc1ccccc1N1C(=O)C(=O)c2ccccc21. The highest BCUT2D eigenvalue weighted by atomic mass is 16.4. The molecule has 0 bridgehead atoms. The highest BCUT2D eigenvalue weighted by molar-refractivity contribution is 6.53. The number of anilines is 2. The van der Waals surface area contributed by atoms with E-state index in [1.807, 2.05) is 0 Å². The number of Topliss-reactive ketones (excluding diaryl/α,β-unsaturated/α-hetero) is 1. The molecule has 0 saturated carbocycles. The van der Waals surface area contributed by atoms with Gasteiger partial charge in [0.05, 0.1) is 23.4 Å². The first-order valence-electron chi connectivity index (χ1n) is 6.37. The molecular formula is C16H11NO4. The summed E-state index contributed by atoms with van der Waals surface area (Å²) in [5.74, 6) is -2.22. The fraction of sp³-hybridized carbons (Fsp3) is 0.0625. The van der Waals surface area contributed by atoms with Crippen molar-refractivity contribution >= 4 is 29.0 Å². The number of amides is 1. The summed E-state index contributed by atoms with van der Waals surface area (Å²) in [5.41, 5.74) is 1.75. The molecule has 1 heterocycles. The summed E-state index contributed by atoms with van der Waals surface area (Å²) in [7, 11) is 0. The Bertz CT molecular complexity index is 766. The van der Waals surface area contributed by atoms with Crippen LogP contribution < -0.4 is 4.90 Å². The lowest BCUT2D eigenvalue weighted by Gasteiger charge is -2.19. The van der Waals surface area contributed by atoms with Crippen molar-refractivity contribution < 1.29 is 19.5 Å². The third-order valence-electron chi connectivity index (χ3n) is 3.36. The molecule has 1 aliphatic rings. The van der Waals surface area contributed by atoms with Gasteiger partial charge in [-0.1, -0.05) is 30.3 Å². The molecule has 0 unspecified atom stereocenters. The maximum absolute atomic E-state index is 12.2. The van der Waals surface area contributed by atoms with Gasteiger partial charge in [0.25, 0.3) is 5.78 Å². The molecule has 0 spiro atoms. The van der Waals surface area contributed by atoms with E-state index in [4.69, 9.17) is 5.11 Å². The number of aliphatic carboxylic acids is 1. The number of carboxylic acid groups (broad SMARTS) is 1. The van der Waals surface area contributed by atoms with E-state index >= 15 is 0 Å². The predicted molar refractivity (Wildman–Crippen MR) is 75.7 cm³/mol. The molecule has 104 valence electrons. The largest absolute Gasteiger partial charge is 0.481 e. The molecular weight excluding hydrogens is 270 g/mol. The molecule has 21 heavy (non-hydrogen) atoms. The number of carbonyl (C=O) groups excluding carboxylic acids is 2. The van der Waals surface area contributed by atoms with Crippen LogP contribution in [0.5, 0.6) is 0 Å². The van der Waals surface area contributed by atoms with Gasteiger partial charge in [0, 0.05) is 0 Å². The van der Waals surface area contributed by atoms with Crippen LogP contribution in [0.1, 0.15) is 15.9 Å². The van der Waals surface area contributed by atoms with Gasteiger partial charge < -0.3 is 5.11 Å². The summed E-state index contributed by atoms with van der Waals surface area (Å²) >= 11 is 0. The van der Waals surface area contributed by atoms with E-state index in [9.17, 15) is 14.4 Å². The van der Waals surface area contributed by atoms with Crippen molar-refractivity contribution in [1.82, 2.24) is 0 Å². The Hall–Kier alpha value is -2.95. The lowest BCUT2D eigenvalue weighted by atomic mass is 10.1. The second kappa shape index (κ2) is 4.86. The topological polar surface area (TPSA) is 74.7 Å². The van der Waals surface area contributed by atoms with Crippen LogP contribution in [-0.2, 0) is 16.0 Å². The van der Waals surface area contributed by atoms with Crippen LogP contribution in [0.3, 0.4) is 0 Å². The number of hydrogen-bond acceptors (Lipinski definition) is 3. The Morgan fingerprint density at radius 2 is 1.57 bits per heavy atom. The van der Waals surface area contributed by atoms with Crippen molar-refractivity contribution in [2.45, 2.75) is 6.42 Å². The number of hydrogen-bond donors (Lipinski definition) is 1. The average Bonchev–Trinajstić information content (AvgIpc) is 2.72. The second-order valence-electron chi connectivity index (χ2n) is 4.69. The third kappa shape index (κ3) is 2.08. The first-order chi connectivity index (χ1) is 10.1. The molecule has 0 aliphatic carbocycles. The van der Waals surface area contributed by atoms with Crippen LogP contribution in [0.2, 0.25) is 0 Å². The quantitative estimate of drug-likeness (QED) is 0.875. The molecule has 0 aromatic heterocycles. The maximum atomic E-state index is 12.2. The van der Waals surface area contributed by atoms with Crippen molar-refractivity contribution in [1.29, 1.82) is 0 Å². The molecule has 1 N–H and O–H groups in total. The van der Waals surface area contributed by atoms with Crippen LogP contribution in [0.4, 0.5) is 11.4 Å². The third-order valence-corrected chi connectivity index (χ3v) is 3.36. The standard InChI is InChI=1S/C16H11NO4/c18-14(19)9-10-5-1-3-7-12(10)17-13-8-4-2-6-11(13)15(20)16(17)21/h1-8H,9H2,(H,18,19). The minimum absolute atomic E-state index is 0.212. The lowest BCUT2D eigenvalue weighted by Crippen LogP contribution is -2.26. The minimum Gasteiger partial charge on any atom is -0.481 e. The van der Waals surface area contributed by atoms with Crippen LogP contribution in [-0.4, -0.2) is 22.8 Å². The molecule has 2 aromatic rings. The van der Waals surface area contributed by atoms with Gasteiger partial charge in [-0.3, -0.25) is 19.3 Å². The Balaban J connectivity index is 2.15. The molecule has 0 atom stereocenters. The van der Waals surface area contributed by atoms with Crippen LogP contribution in [0, 0.1) is 0 Å². The summed E-state index contributed by atoms with van der Waals surface area (Å²) < 4.78 is 0. The molecule has 5 heteroatoms. The minimum atomic E-state index is -0.992. The van der Waals surface area contributed by atoms with Crippen molar-refractivity contribution in [2.24, 2.45) is 0 Å². The smallest absolute Gasteiger partial charge is 0.307 e. The summed E-state index contributed by atoms with van der Waals surface area (Å²) in [4.78, 5) is 36.5. The Kier molecular flexibility index (Phi) is 3.02. The highest BCUT2D eigenvalue weighted by Gasteiger charge is 2.37. The van der Waals surface area contributed by atoms with E-state index in [1.54, 1.807) is 48.5 Å². The Morgan fingerprint density at radius 1 is 0.952 bits per heavy atom. The van der Waals surface area contributed by atoms with Gasteiger partial charge in [-0.05, 0) is 23.8 Å². The normalized spacial score (nSPS) is 13.4. The fourth-order valence-corrected chi connectivity index (χ4v) is 2.47. The summed E-state index contributed by atoms with van der Waals surface area (Å²) in [6.07, 6.45) is -0.212. The zero-order chi connectivity index (χ0) is 15.0. The maximum Gasteiger partial charge on any atom is 0.307 e. The van der Waals surface area contributed by atoms with E-state index in [0.29, 0.717) is 22.5 Å². The number of carboxylic acids is 1. The Morgan fingerprint density at radius 3 is 2.29 bits per heavy atom. The summed E-state index contributed by atoms with van der Waals surface area (Å²) in [6, 6.07) is 13.4. The number of benzene rings is 2. The first-order valence-corrected chi connectivity index (χ1v) is 6.37. The van der Waals surface area contributed by atoms with Gasteiger partial charge in [0.2, 0.25) is 0 Å². The molecule has 0 saturated heterocycles. The molecule has 1 amide bonds. The zero-order valence-electron chi connectivity index (χ0n) is 10.9. The van der Waals surface area contributed by atoms with Crippen molar-refractivity contribution in [3.8, 4) is 0 Å². The van der Waals surface area contributed by atoms with Gasteiger partial charge in [-0.2, -0.15) is 0 Å². The number of rotatable bonds is 3. The average molecular weight is 281 g/mol. The van der Waals surface area contributed by atoms with Crippen molar-refractivity contribution in [3.05, 3.63) is 59.7 Å². The molecule has 0 fully saturated rings. The van der Waals surface area contributed by atoms with Crippen LogP contribution in [0.15, 0.2) is 48.5 Å². The highest BCUT2D eigenvalue weighted by Crippen LogP contribution is 2.36. The summed E-state index contributed by atoms with van der Waals surface area (Å²) in [5, 5.41) is 8.98. The molecule has 5 nitrogen and oxygen atoms in total. The van der Waals surface area contributed by atoms with Crippen molar-refractivity contribution in [3.63, 3.8) is 0 Å². The number of ketones is 1. The van der Waals surface area contributed by atoms with Gasteiger partial charge in [-0.25, -0.2) is 0 Å². The number of carbonyl (C=O) groups is 3. The number of para-hydroxylation sites is 2. The van der Waals surface area contributed by atoms with Gasteiger partial charge in [0.15, 0.2) is 0 Å². The lowest BCUT2D eigenvalue weighted by molar-refractivity contribution is -0.136. The second-order valence-corrected chi connectivity index (χ2v) is 4.69. The Labute approximate surface area is 120 Å². The van der Waals surface area contributed by atoms with E-state index in [-0.39, 0.29) is 6.42 Å². The fourth-order valence-electron chi connectivity index (χ4n) is 2.47. The zero-order valence-corrected chi connectivity index (χ0v) is 10.9. The van der Waals surface area contributed by atoms with E-state index in [2.05, 4.69) is 0 Å². The van der Waals surface area contributed by atoms with Gasteiger partial charge in [-0.15, -0.1) is 0 Å². The van der Waals surface area contributed by atoms with Gasteiger partial charge >= 0.3 is 11.9 Å². The molecule has 1 aliphatic heterocycles. The van der Waals surface area contributed by atoms with E-state index < -0.39 is 17.7 Å². The van der Waals surface area contributed by atoms with Crippen molar-refractivity contribution in [2.75, 3.05) is 4.90 Å². The number of fused-ring (bicyclic) bond motifs is 1. The molecule has 3 rings (SSSR count). The monoisotopic (exact) mass is 281 g/mol. The number of nitrogens with zero attached hydrogens (tertiary/aromatic N) is 1.